The molecule has 1 fully saturated rings. The molecule has 1 heterocycles. The van der Waals surface area contributed by atoms with Gasteiger partial charge in [-0.3, -0.25) is 0 Å². The van der Waals surface area contributed by atoms with E-state index in [-0.39, 0.29) is 0 Å². The van der Waals surface area contributed by atoms with E-state index in [0.29, 0.717) is 6.04 Å². The summed E-state index contributed by atoms with van der Waals surface area (Å²) in [6, 6.07) is 9.19. The van der Waals surface area contributed by atoms with Crippen molar-refractivity contribution in [2.24, 2.45) is 5.92 Å². The summed E-state index contributed by atoms with van der Waals surface area (Å²) in [4.78, 5) is 2.42. The molecule has 2 nitrogen and oxygen atoms in total. The van der Waals surface area contributed by atoms with E-state index in [2.05, 4.69) is 64.4 Å². The van der Waals surface area contributed by atoms with Gasteiger partial charge < -0.3 is 10.2 Å². The zero-order valence-electron chi connectivity index (χ0n) is 11.3. The Morgan fingerprint density at radius 3 is 2.72 bits per heavy atom. The maximum absolute atomic E-state index is 3.67. The topological polar surface area (TPSA) is 15.3 Å². The van der Waals surface area contributed by atoms with Crippen molar-refractivity contribution in [3.8, 4) is 0 Å². The number of hydrogen-bond donors (Lipinski definition) is 1. The highest BCUT2D eigenvalue weighted by Gasteiger charge is 2.19. The van der Waals surface area contributed by atoms with Gasteiger partial charge in [-0.05, 0) is 63.5 Å². The number of nitrogens with zero attached hydrogens (tertiary/aromatic N) is 1. The highest BCUT2D eigenvalue weighted by molar-refractivity contribution is 9.10. The van der Waals surface area contributed by atoms with E-state index >= 15 is 0 Å². The Bertz CT molecular complexity index is 363. The van der Waals surface area contributed by atoms with Crippen LogP contribution in [0.1, 0.15) is 18.9 Å². The third-order valence-corrected chi connectivity index (χ3v) is 4.23. The SMILES string of the molecule is CC(Cc1ccc(Br)cc1)NCC1CCN(C)C1. The van der Waals surface area contributed by atoms with E-state index in [1.165, 1.54) is 25.1 Å². The Morgan fingerprint density at radius 1 is 1.39 bits per heavy atom. The number of nitrogens with one attached hydrogen (secondary N) is 1. The van der Waals surface area contributed by atoms with Gasteiger partial charge in [-0.15, -0.1) is 0 Å². The average molecular weight is 311 g/mol. The van der Waals surface area contributed by atoms with E-state index in [1.54, 1.807) is 0 Å². The van der Waals surface area contributed by atoms with Gasteiger partial charge in [0.2, 0.25) is 0 Å². The molecule has 1 N–H and O–H groups in total. The Morgan fingerprint density at radius 2 is 2.11 bits per heavy atom. The minimum atomic E-state index is 0.553. The summed E-state index contributed by atoms with van der Waals surface area (Å²) in [7, 11) is 2.21. The molecule has 0 saturated carbocycles. The Balaban J connectivity index is 1.71. The van der Waals surface area contributed by atoms with E-state index < -0.39 is 0 Å². The van der Waals surface area contributed by atoms with Crippen LogP contribution in [0.3, 0.4) is 0 Å². The van der Waals surface area contributed by atoms with Crippen molar-refractivity contribution in [3.63, 3.8) is 0 Å². The Labute approximate surface area is 119 Å². The normalized spacial score (nSPS) is 22.3. The Hall–Kier alpha value is -0.380. The summed E-state index contributed by atoms with van der Waals surface area (Å²) in [5.41, 5.74) is 1.40. The van der Waals surface area contributed by atoms with Gasteiger partial charge >= 0.3 is 0 Å². The standard InChI is InChI=1S/C15H23BrN2/c1-12(9-13-3-5-15(16)6-4-13)17-10-14-7-8-18(2)11-14/h3-6,12,14,17H,7-11H2,1-2H3. The van der Waals surface area contributed by atoms with Crippen LogP contribution in [0.4, 0.5) is 0 Å². The van der Waals surface area contributed by atoms with Crippen molar-refractivity contribution in [3.05, 3.63) is 34.3 Å². The summed E-state index contributed by atoms with van der Waals surface area (Å²) < 4.78 is 1.15. The van der Waals surface area contributed by atoms with Gasteiger partial charge in [-0.25, -0.2) is 0 Å². The zero-order valence-corrected chi connectivity index (χ0v) is 12.9. The number of likely N-dealkylation sites (tertiary alicyclic amines) is 1. The molecule has 1 aliphatic rings. The molecule has 2 rings (SSSR count). The highest BCUT2D eigenvalue weighted by atomic mass is 79.9. The van der Waals surface area contributed by atoms with Crippen LogP contribution in [0.5, 0.6) is 0 Å². The van der Waals surface area contributed by atoms with Crippen molar-refractivity contribution in [2.75, 3.05) is 26.7 Å². The zero-order chi connectivity index (χ0) is 13.0. The van der Waals surface area contributed by atoms with Gasteiger partial charge in [0.05, 0.1) is 0 Å². The van der Waals surface area contributed by atoms with Gasteiger partial charge in [-0.2, -0.15) is 0 Å². The molecule has 1 aromatic rings. The third-order valence-electron chi connectivity index (χ3n) is 3.70. The number of halogens is 1. The van der Waals surface area contributed by atoms with Gasteiger partial charge in [-0.1, -0.05) is 28.1 Å². The summed E-state index contributed by atoms with van der Waals surface area (Å²) in [5.74, 6) is 0.836. The van der Waals surface area contributed by atoms with Crippen molar-refractivity contribution >= 4 is 15.9 Å². The molecule has 0 radical (unpaired) electrons. The molecule has 2 atom stereocenters. The fourth-order valence-electron chi connectivity index (χ4n) is 2.61. The first-order chi connectivity index (χ1) is 8.63. The van der Waals surface area contributed by atoms with Gasteiger partial charge in [0.1, 0.15) is 0 Å². The lowest BCUT2D eigenvalue weighted by Gasteiger charge is -2.17. The van der Waals surface area contributed by atoms with Crippen LogP contribution in [0.2, 0.25) is 0 Å². The minimum Gasteiger partial charge on any atom is -0.314 e. The second-order valence-electron chi connectivity index (χ2n) is 5.56. The van der Waals surface area contributed by atoms with Crippen molar-refractivity contribution in [1.82, 2.24) is 10.2 Å². The van der Waals surface area contributed by atoms with Crippen LogP contribution in [-0.2, 0) is 6.42 Å². The summed E-state index contributed by atoms with van der Waals surface area (Å²) in [6.45, 7) is 5.94. The van der Waals surface area contributed by atoms with E-state index in [9.17, 15) is 0 Å². The smallest absolute Gasteiger partial charge is 0.0175 e. The molecule has 2 unspecified atom stereocenters. The van der Waals surface area contributed by atoms with Crippen LogP contribution in [0.15, 0.2) is 28.7 Å². The van der Waals surface area contributed by atoms with Gasteiger partial charge in [0, 0.05) is 17.1 Å². The Kier molecular flexibility index (Phi) is 5.22. The lowest BCUT2D eigenvalue weighted by molar-refractivity contribution is 0.380. The van der Waals surface area contributed by atoms with Crippen molar-refractivity contribution in [2.45, 2.75) is 25.8 Å². The molecule has 0 aromatic heterocycles. The van der Waals surface area contributed by atoms with Gasteiger partial charge in [0.15, 0.2) is 0 Å². The molecule has 0 amide bonds. The predicted octanol–water partition coefficient (Wildman–Crippen LogP) is 2.92. The molecular weight excluding hydrogens is 288 g/mol. The second kappa shape index (κ2) is 6.69. The largest absolute Gasteiger partial charge is 0.314 e. The van der Waals surface area contributed by atoms with Gasteiger partial charge in [0.25, 0.3) is 0 Å². The average Bonchev–Trinajstić information content (AvgIpc) is 2.76. The van der Waals surface area contributed by atoms with E-state index in [0.717, 1.165) is 23.4 Å². The fraction of sp³-hybridized carbons (Fsp3) is 0.600. The lowest BCUT2D eigenvalue weighted by atomic mass is 10.1. The number of benzene rings is 1. The molecule has 18 heavy (non-hydrogen) atoms. The monoisotopic (exact) mass is 310 g/mol. The fourth-order valence-corrected chi connectivity index (χ4v) is 2.87. The molecule has 100 valence electrons. The van der Waals surface area contributed by atoms with Crippen LogP contribution in [0, 0.1) is 5.92 Å². The second-order valence-corrected chi connectivity index (χ2v) is 6.47. The molecule has 1 saturated heterocycles. The molecule has 3 heteroatoms. The van der Waals surface area contributed by atoms with Crippen LogP contribution in [-0.4, -0.2) is 37.6 Å². The van der Waals surface area contributed by atoms with Crippen LogP contribution >= 0.6 is 15.9 Å². The lowest BCUT2D eigenvalue weighted by Crippen LogP contribution is -2.33. The molecular formula is C15H23BrN2. The first-order valence-electron chi connectivity index (χ1n) is 6.80. The van der Waals surface area contributed by atoms with Crippen molar-refractivity contribution < 1.29 is 0 Å². The molecule has 1 aliphatic heterocycles. The maximum atomic E-state index is 3.67. The third kappa shape index (κ3) is 4.38. The number of rotatable bonds is 5. The highest BCUT2D eigenvalue weighted by Crippen LogP contribution is 2.14. The minimum absolute atomic E-state index is 0.553. The van der Waals surface area contributed by atoms with Crippen molar-refractivity contribution in [1.29, 1.82) is 0 Å². The maximum Gasteiger partial charge on any atom is 0.0175 e. The quantitative estimate of drug-likeness (QED) is 0.899. The first-order valence-corrected chi connectivity index (χ1v) is 7.59. The summed E-state index contributed by atoms with van der Waals surface area (Å²) in [6.07, 6.45) is 2.45. The predicted molar refractivity (Wildman–Crippen MR) is 80.9 cm³/mol. The first kappa shape index (κ1) is 14.0. The molecule has 0 aliphatic carbocycles. The van der Waals surface area contributed by atoms with Crippen LogP contribution in [0.25, 0.3) is 0 Å². The van der Waals surface area contributed by atoms with E-state index in [4.69, 9.17) is 0 Å². The van der Waals surface area contributed by atoms with Crippen LogP contribution < -0.4 is 5.32 Å². The summed E-state index contributed by atoms with van der Waals surface area (Å²) >= 11 is 3.47. The van der Waals surface area contributed by atoms with E-state index in [1.807, 2.05) is 0 Å². The summed E-state index contributed by atoms with van der Waals surface area (Å²) in [5, 5.41) is 3.67. The molecule has 1 aromatic carbocycles. The molecule has 0 spiro atoms. The number of hydrogen-bond acceptors (Lipinski definition) is 2. The molecule has 0 bridgehead atoms.